The van der Waals surface area contributed by atoms with Crippen LogP contribution < -0.4 is 14.2 Å². The summed E-state index contributed by atoms with van der Waals surface area (Å²) in [7, 11) is 3.64. The molecule has 231 valence electrons. The monoisotopic (exact) mass is 779 g/mol. The predicted molar refractivity (Wildman–Crippen MR) is 149 cm³/mol. The summed E-state index contributed by atoms with van der Waals surface area (Å²) in [4.78, 5) is 4.12. The Morgan fingerprint density at radius 3 is 1.57 bits per heavy atom. The van der Waals surface area contributed by atoms with Crippen LogP contribution in [0.3, 0.4) is 0 Å². The first-order valence-corrected chi connectivity index (χ1v) is 13.0. The van der Waals surface area contributed by atoms with Gasteiger partial charge in [0.2, 0.25) is 12.7 Å². The first kappa shape index (κ1) is 34.1. The molecule has 0 fully saturated rings. The number of rotatable bonds is 3. The maximum atomic E-state index is 13.5. The molecule has 0 bridgehead atoms. The minimum absolute atomic E-state index is 0. The van der Waals surface area contributed by atoms with E-state index in [1.165, 1.54) is 9.13 Å². The number of benzene rings is 2. The van der Waals surface area contributed by atoms with E-state index < -0.39 is 23.3 Å². The number of imidazole rings is 2. The molecular formula is C32H28F4IrN7-3. The molecule has 0 aliphatic heterocycles. The summed E-state index contributed by atoms with van der Waals surface area (Å²) in [6.45, 7) is 7.51. The van der Waals surface area contributed by atoms with Crippen molar-refractivity contribution >= 4 is 0 Å². The molecule has 0 amide bonds. The Kier molecular flexibility index (Phi) is 11.5. The van der Waals surface area contributed by atoms with Gasteiger partial charge in [0.05, 0.1) is 14.1 Å². The zero-order valence-electron chi connectivity index (χ0n) is 24.7. The molecule has 4 heterocycles. The summed E-state index contributed by atoms with van der Waals surface area (Å²) >= 11 is 0. The van der Waals surface area contributed by atoms with E-state index in [9.17, 15) is 17.6 Å². The van der Waals surface area contributed by atoms with Gasteiger partial charge in [-0.1, -0.05) is 17.8 Å². The molecule has 4 aromatic heterocycles. The summed E-state index contributed by atoms with van der Waals surface area (Å²) in [5.74, 6) is -2.55. The van der Waals surface area contributed by atoms with Crippen LogP contribution in [0.5, 0.6) is 0 Å². The van der Waals surface area contributed by atoms with Crippen molar-refractivity contribution in [3.8, 4) is 22.8 Å². The van der Waals surface area contributed by atoms with Crippen LogP contribution in [0.1, 0.15) is 22.8 Å². The van der Waals surface area contributed by atoms with Crippen molar-refractivity contribution in [1.29, 1.82) is 0 Å². The normalized spacial score (nSPS) is 10.3. The van der Waals surface area contributed by atoms with Crippen LogP contribution in [0.2, 0.25) is 0 Å². The Balaban J connectivity index is 0.000000181. The van der Waals surface area contributed by atoms with Crippen LogP contribution in [0.4, 0.5) is 17.6 Å². The molecule has 7 nitrogen and oxygen atoms in total. The Labute approximate surface area is 266 Å². The standard InChI is InChI=1S/2C12H11F2N2.C8H6N3.Ir/c2*1-8-9(2)16(7-15(8)3)12-5-4-10(13)6-11(12)14;1-2-5-9-7(3-1)8-4-6-10-11-8;/h2*4,6H,1-3H3;1-6H;/q3*-1;. The van der Waals surface area contributed by atoms with Crippen LogP contribution in [-0.4, -0.2) is 19.2 Å². The number of aromatic nitrogens is 7. The van der Waals surface area contributed by atoms with E-state index in [0.29, 0.717) is 0 Å². The van der Waals surface area contributed by atoms with E-state index in [1.54, 1.807) is 21.5 Å². The maximum Gasteiger partial charge on any atom is 0.241 e. The fourth-order valence-corrected chi connectivity index (χ4v) is 3.95. The summed E-state index contributed by atoms with van der Waals surface area (Å²) in [5, 5.41) is 7.58. The maximum absolute atomic E-state index is 13.5. The molecule has 6 aromatic rings. The van der Waals surface area contributed by atoms with Gasteiger partial charge in [0, 0.05) is 84.2 Å². The second kappa shape index (κ2) is 14.9. The van der Waals surface area contributed by atoms with Crippen molar-refractivity contribution in [2.45, 2.75) is 27.7 Å². The van der Waals surface area contributed by atoms with E-state index in [1.807, 2.05) is 66.1 Å². The smallest absolute Gasteiger partial charge is 0.241 e. The topological polar surface area (TPSA) is 57.5 Å². The molecule has 0 aliphatic rings. The summed E-state index contributed by atoms with van der Waals surface area (Å²) in [5.41, 5.74) is 5.70. The van der Waals surface area contributed by atoms with Crippen molar-refractivity contribution in [2.24, 2.45) is 14.1 Å². The first-order valence-electron chi connectivity index (χ1n) is 13.0. The summed E-state index contributed by atoms with van der Waals surface area (Å²) in [6.07, 6.45) is 9.25. The van der Waals surface area contributed by atoms with E-state index in [4.69, 9.17) is 0 Å². The number of pyridine rings is 1. The summed E-state index contributed by atoms with van der Waals surface area (Å²) in [6, 6.07) is 16.6. The summed E-state index contributed by atoms with van der Waals surface area (Å²) < 4.78 is 59.2. The number of nitrogens with zero attached hydrogens (tertiary/aromatic N) is 7. The van der Waals surface area contributed by atoms with E-state index in [-0.39, 0.29) is 31.5 Å². The molecular weight excluding hydrogens is 751 g/mol. The molecule has 0 spiro atoms. The first-order chi connectivity index (χ1) is 20.5. The molecule has 6 rings (SSSR count). The molecule has 0 N–H and O–H groups in total. The number of hydrogen-bond donors (Lipinski definition) is 0. The minimum atomic E-state index is -0.644. The zero-order valence-corrected chi connectivity index (χ0v) is 27.1. The third kappa shape index (κ3) is 7.75. The van der Waals surface area contributed by atoms with Crippen molar-refractivity contribution in [3.05, 3.63) is 132 Å². The Hall–Kier alpha value is -4.41. The zero-order chi connectivity index (χ0) is 31.3. The van der Waals surface area contributed by atoms with Crippen molar-refractivity contribution in [2.75, 3.05) is 0 Å². The second-order valence-electron chi connectivity index (χ2n) is 9.49. The molecule has 0 saturated carbocycles. The molecule has 0 unspecified atom stereocenters. The molecule has 2 aromatic carbocycles. The van der Waals surface area contributed by atoms with Gasteiger partial charge in [0.1, 0.15) is 0 Å². The average molecular weight is 779 g/mol. The third-order valence-corrected chi connectivity index (χ3v) is 6.74. The van der Waals surface area contributed by atoms with Crippen LogP contribution in [0.15, 0.2) is 60.9 Å². The van der Waals surface area contributed by atoms with Gasteiger partial charge in [-0.25, -0.2) is 0 Å². The fraction of sp³-hybridized carbons (Fsp3) is 0.188. The number of aryl methyl sites for hydroxylation is 2. The molecule has 0 aliphatic carbocycles. The Bertz CT molecular complexity index is 1730. The van der Waals surface area contributed by atoms with Gasteiger partial charge < -0.3 is 28.5 Å². The van der Waals surface area contributed by atoms with Crippen LogP contribution in [0.25, 0.3) is 22.8 Å². The second-order valence-corrected chi connectivity index (χ2v) is 9.49. The van der Waals surface area contributed by atoms with Gasteiger partial charge >= 0.3 is 0 Å². The van der Waals surface area contributed by atoms with Gasteiger partial charge in [0.15, 0.2) is 0 Å². The molecule has 0 atom stereocenters. The van der Waals surface area contributed by atoms with Crippen LogP contribution in [-0.2, 0) is 34.2 Å². The molecule has 12 heteroatoms. The van der Waals surface area contributed by atoms with Crippen LogP contribution in [0, 0.1) is 75.8 Å². The average Bonchev–Trinajstić information content (AvgIpc) is 3.68. The fourth-order valence-electron chi connectivity index (χ4n) is 3.95. The van der Waals surface area contributed by atoms with E-state index >= 15 is 0 Å². The predicted octanol–water partition coefficient (Wildman–Crippen LogP) is 4.69. The SMILES string of the molecule is Cc1c(C)[n+](C)[c-]n1-c1[c-]cc(F)cc1F.Cc1c(C)[n+](C)[c-]n1-c1[c-]cc(F)cc1F.[Ir].c1ccc(-c2ccn[n-]2)nc1. The minimum Gasteiger partial charge on any atom is -0.574 e. The van der Waals surface area contributed by atoms with Crippen molar-refractivity contribution in [1.82, 2.24) is 24.3 Å². The van der Waals surface area contributed by atoms with E-state index in [2.05, 4.69) is 40.0 Å². The van der Waals surface area contributed by atoms with Gasteiger partial charge in [-0.15, -0.1) is 24.3 Å². The quantitative estimate of drug-likeness (QED) is 0.149. The Morgan fingerprint density at radius 1 is 0.727 bits per heavy atom. The van der Waals surface area contributed by atoms with Gasteiger partial charge in [-0.2, -0.15) is 12.1 Å². The van der Waals surface area contributed by atoms with E-state index in [0.717, 1.165) is 58.4 Å². The third-order valence-electron chi connectivity index (χ3n) is 6.74. The van der Waals surface area contributed by atoms with Crippen molar-refractivity contribution < 1.29 is 46.8 Å². The molecule has 0 saturated heterocycles. The largest absolute Gasteiger partial charge is 0.574 e. The van der Waals surface area contributed by atoms with Crippen LogP contribution >= 0.6 is 0 Å². The van der Waals surface area contributed by atoms with Gasteiger partial charge in [-0.3, -0.25) is 22.5 Å². The van der Waals surface area contributed by atoms with Crippen molar-refractivity contribution in [3.63, 3.8) is 0 Å². The molecule has 44 heavy (non-hydrogen) atoms. The van der Waals surface area contributed by atoms with Gasteiger partial charge in [0.25, 0.3) is 0 Å². The Morgan fingerprint density at radius 2 is 1.23 bits per heavy atom. The van der Waals surface area contributed by atoms with Gasteiger partial charge in [-0.05, 0) is 51.2 Å². The number of hydrogen-bond acceptors (Lipinski definition) is 2. The molecule has 1 radical (unpaired) electrons. The number of halogens is 4.